The molecule has 2 rings (SSSR count). The van der Waals surface area contributed by atoms with Crippen molar-refractivity contribution in [3.63, 3.8) is 0 Å². The smallest absolute Gasteiger partial charge is 0.0957 e. The fraction of sp³-hybridized carbons (Fsp3) is 0.438. The van der Waals surface area contributed by atoms with Crippen molar-refractivity contribution in [3.05, 3.63) is 53.1 Å². The molecule has 102 valence electrons. The summed E-state index contributed by atoms with van der Waals surface area (Å²) in [5.74, 6) is 0. The van der Waals surface area contributed by atoms with E-state index in [0.717, 1.165) is 12.1 Å². The summed E-state index contributed by atoms with van der Waals surface area (Å²) in [5.41, 5.74) is 11.1. The topological polar surface area (TPSA) is 43.8 Å². The maximum Gasteiger partial charge on any atom is 0.0957 e. The van der Waals surface area contributed by atoms with E-state index in [9.17, 15) is 0 Å². The molecule has 1 aromatic carbocycles. The van der Waals surface area contributed by atoms with Gasteiger partial charge in [0.2, 0.25) is 0 Å². The monoisotopic (exact) mass is 257 g/mol. The lowest BCUT2D eigenvalue weighted by Crippen LogP contribution is -2.32. The number of imidazole rings is 1. The summed E-state index contributed by atoms with van der Waals surface area (Å²) in [6.07, 6.45) is 2.85. The molecule has 0 aliphatic rings. The standard InChI is InChI=1S/C16H23N3/c1-5-15(17)16(14-8-6-11(2)7-9-14)19-10-18-12(3)13(19)4/h6-10,15-16H,5,17H2,1-4H3. The van der Waals surface area contributed by atoms with E-state index < -0.39 is 0 Å². The van der Waals surface area contributed by atoms with Gasteiger partial charge in [0.25, 0.3) is 0 Å². The number of aryl methyl sites for hydroxylation is 2. The lowest BCUT2D eigenvalue weighted by Gasteiger charge is -2.26. The third-order valence-electron chi connectivity index (χ3n) is 3.88. The normalized spacial score (nSPS) is 14.4. The van der Waals surface area contributed by atoms with Crippen LogP contribution in [0, 0.1) is 20.8 Å². The molecule has 0 aliphatic heterocycles. The van der Waals surface area contributed by atoms with E-state index in [1.165, 1.54) is 16.8 Å². The van der Waals surface area contributed by atoms with Crippen LogP contribution >= 0.6 is 0 Å². The zero-order valence-corrected chi connectivity index (χ0v) is 12.2. The van der Waals surface area contributed by atoms with E-state index in [2.05, 4.69) is 54.6 Å². The van der Waals surface area contributed by atoms with Gasteiger partial charge in [-0.25, -0.2) is 4.98 Å². The van der Waals surface area contributed by atoms with Crippen molar-refractivity contribution in [2.75, 3.05) is 0 Å². The Morgan fingerprint density at radius 1 is 1.16 bits per heavy atom. The number of hydrogen-bond acceptors (Lipinski definition) is 2. The third-order valence-corrected chi connectivity index (χ3v) is 3.88. The number of hydrogen-bond donors (Lipinski definition) is 1. The molecule has 0 spiro atoms. The van der Waals surface area contributed by atoms with Gasteiger partial charge in [-0.15, -0.1) is 0 Å². The molecule has 0 aliphatic carbocycles. The van der Waals surface area contributed by atoms with Crippen LogP contribution in [0.25, 0.3) is 0 Å². The van der Waals surface area contributed by atoms with Crippen LogP contribution in [-0.4, -0.2) is 15.6 Å². The lowest BCUT2D eigenvalue weighted by atomic mass is 9.96. The van der Waals surface area contributed by atoms with E-state index in [1.807, 2.05) is 13.3 Å². The fourth-order valence-corrected chi connectivity index (χ4v) is 2.40. The fourth-order valence-electron chi connectivity index (χ4n) is 2.40. The van der Waals surface area contributed by atoms with Crippen molar-refractivity contribution in [1.29, 1.82) is 0 Å². The first-order valence-corrected chi connectivity index (χ1v) is 6.86. The average Bonchev–Trinajstić information content (AvgIpc) is 2.73. The third kappa shape index (κ3) is 2.71. The van der Waals surface area contributed by atoms with Gasteiger partial charge in [-0.1, -0.05) is 36.8 Å². The van der Waals surface area contributed by atoms with E-state index in [-0.39, 0.29) is 12.1 Å². The molecule has 2 aromatic rings. The van der Waals surface area contributed by atoms with Crippen LogP contribution in [-0.2, 0) is 0 Å². The summed E-state index contributed by atoms with van der Waals surface area (Å²) >= 11 is 0. The molecule has 2 unspecified atom stereocenters. The highest BCUT2D eigenvalue weighted by molar-refractivity contribution is 5.27. The van der Waals surface area contributed by atoms with Crippen LogP contribution in [0.4, 0.5) is 0 Å². The summed E-state index contributed by atoms with van der Waals surface area (Å²) in [7, 11) is 0. The van der Waals surface area contributed by atoms with Crippen molar-refractivity contribution in [2.24, 2.45) is 5.73 Å². The first-order valence-electron chi connectivity index (χ1n) is 6.86. The van der Waals surface area contributed by atoms with Crippen molar-refractivity contribution in [1.82, 2.24) is 9.55 Å². The van der Waals surface area contributed by atoms with Crippen LogP contribution in [0.1, 0.15) is 41.9 Å². The minimum atomic E-state index is 0.0926. The SMILES string of the molecule is CCC(N)C(c1ccc(C)cc1)n1cnc(C)c1C. The number of rotatable bonds is 4. The Balaban J connectivity index is 2.47. The molecule has 1 heterocycles. The number of nitrogens with two attached hydrogens (primary N) is 1. The zero-order valence-electron chi connectivity index (χ0n) is 12.2. The van der Waals surface area contributed by atoms with Gasteiger partial charge in [-0.3, -0.25) is 0 Å². The second kappa shape index (κ2) is 5.57. The molecule has 19 heavy (non-hydrogen) atoms. The minimum absolute atomic E-state index is 0.0926. The molecule has 0 fully saturated rings. The molecule has 0 saturated heterocycles. The maximum atomic E-state index is 6.35. The quantitative estimate of drug-likeness (QED) is 0.914. The predicted octanol–water partition coefficient (Wildman–Crippen LogP) is 3.14. The summed E-state index contributed by atoms with van der Waals surface area (Å²) in [6, 6.07) is 8.88. The Morgan fingerprint density at radius 2 is 1.79 bits per heavy atom. The Bertz CT molecular complexity index is 540. The summed E-state index contributed by atoms with van der Waals surface area (Å²) in [4.78, 5) is 4.40. The zero-order chi connectivity index (χ0) is 14.0. The van der Waals surface area contributed by atoms with Gasteiger partial charge >= 0.3 is 0 Å². The van der Waals surface area contributed by atoms with E-state index in [1.54, 1.807) is 0 Å². The molecular formula is C16H23N3. The van der Waals surface area contributed by atoms with Crippen molar-refractivity contribution in [2.45, 2.75) is 46.2 Å². The summed E-state index contributed by atoms with van der Waals surface area (Å²) in [6.45, 7) is 8.37. The molecule has 3 heteroatoms. The van der Waals surface area contributed by atoms with E-state index in [4.69, 9.17) is 5.73 Å². The van der Waals surface area contributed by atoms with Crippen LogP contribution in [0.2, 0.25) is 0 Å². The molecule has 0 radical (unpaired) electrons. The van der Waals surface area contributed by atoms with Crippen LogP contribution in [0.5, 0.6) is 0 Å². The largest absolute Gasteiger partial charge is 0.326 e. The highest BCUT2D eigenvalue weighted by Gasteiger charge is 2.22. The first-order chi connectivity index (χ1) is 9.04. The maximum absolute atomic E-state index is 6.35. The van der Waals surface area contributed by atoms with Gasteiger partial charge in [0.15, 0.2) is 0 Å². The molecule has 1 aromatic heterocycles. The number of nitrogens with zero attached hydrogens (tertiary/aromatic N) is 2. The molecule has 2 N–H and O–H groups in total. The second-order valence-corrected chi connectivity index (χ2v) is 5.25. The predicted molar refractivity (Wildman–Crippen MR) is 79.3 cm³/mol. The Kier molecular flexibility index (Phi) is 4.05. The first kappa shape index (κ1) is 13.8. The Morgan fingerprint density at radius 3 is 2.26 bits per heavy atom. The molecule has 0 bridgehead atoms. The summed E-state index contributed by atoms with van der Waals surface area (Å²) in [5, 5.41) is 0. The van der Waals surface area contributed by atoms with Gasteiger partial charge in [-0.05, 0) is 32.8 Å². The molecule has 2 atom stereocenters. The number of benzene rings is 1. The van der Waals surface area contributed by atoms with E-state index >= 15 is 0 Å². The van der Waals surface area contributed by atoms with Crippen LogP contribution in [0.3, 0.4) is 0 Å². The Labute approximate surface area is 115 Å². The molecule has 0 saturated carbocycles. The van der Waals surface area contributed by atoms with Crippen LogP contribution in [0.15, 0.2) is 30.6 Å². The summed E-state index contributed by atoms with van der Waals surface area (Å²) < 4.78 is 2.20. The molecule has 3 nitrogen and oxygen atoms in total. The highest BCUT2D eigenvalue weighted by atomic mass is 15.1. The molecular weight excluding hydrogens is 234 g/mol. The van der Waals surface area contributed by atoms with Gasteiger partial charge < -0.3 is 10.3 Å². The molecule has 0 amide bonds. The second-order valence-electron chi connectivity index (χ2n) is 5.25. The van der Waals surface area contributed by atoms with Crippen LogP contribution < -0.4 is 5.73 Å². The van der Waals surface area contributed by atoms with E-state index in [0.29, 0.717) is 0 Å². The van der Waals surface area contributed by atoms with Crippen molar-refractivity contribution in [3.8, 4) is 0 Å². The highest BCUT2D eigenvalue weighted by Crippen LogP contribution is 2.25. The van der Waals surface area contributed by atoms with Gasteiger partial charge in [-0.2, -0.15) is 0 Å². The van der Waals surface area contributed by atoms with Gasteiger partial charge in [0, 0.05) is 11.7 Å². The van der Waals surface area contributed by atoms with Crippen molar-refractivity contribution < 1.29 is 0 Å². The lowest BCUT2D eigenvalue weighted by molar-refractivity contribution is 0.452. The van der Waals surface area contributed by atoms with Gasteiger partial charge in [0.05, 0.1) is 18.1 Å². The minimum Gasteiger partial charge on any atom is -0.326 e. The van der Waals surface area contributed by atoms with Crippen molar-refractivity contribution >= 4 is 0 Å². The average molecular weight is 257 g/mol. The Hall–Kier alpha value is -1.61. The number of aromatic nitrogens is 2. The van der Waals surface area contributed by atoms with Gasteiger partial charge in [0.1, 0.15) is 0 Å².